The van der Waals surface area contributed by atoms with Crippen molar-refractivity contribution >= 4 is 66.8 Å². The molecule has 5 atom stereocenters. The summed E-state index contributed by atoms with van der Waals surface area (Å²) in [6.07, 6.45) is 3.81. The van der Waals surface area contributed by atoms with E-state index in [1.165, 1.54) is 30.2 Å². The van der Waals surface area contributed by atoms with Gasteiger partial charge >= 0.3 is 6.09 Å². The van der Waals surface area contributed by atoms with Crippen LogP contribution < -0.4 is 24.8 Å². The highest BCUT2D eigenvalue weighted by Crippen LogP contribution is 2.47. The fourth-order valence-corrected chi connectivity index (χ4v) is 9.12. The van der Waals surface area contributed by atoms with Gasteiger partial charge in [-0.1, -0.05) is 18.2 Å². The highest BCUT2D eigenvalue weighted by molar-refractivity contribution is 7.91. The van der Waals surface area contributed by atoms with Gasteiger partial charge in [0.05, 0.1) is 36.4 Å². The van der Waals surface area contributed by atoms with Crippen LogP contribution in [0.1, 0.15) is 59.3 Å². The highest BCUT2D eigenvalue weighted by atomic mass is 32.2. The first kappa shape index (κ1) is 40.3. The van der Waals surface area contributed by atoms with Crippen LogP contribution in [0.2, 0.25) is 0 Å². The fraction of sp³-hybridized carbons (Fsp3) is 0.488. The molecule has 0 bridgehead atoms. The number of amides is 4. The Bertz CT molecular complexity index is 2500. The number of carbonyl (C=O) groups is 4. The van der Waals surface area contributed by atoms with E-state index in [2.05, 4.69) is 15.4 Å². The Morgan fingerprint density at radius 1 is 1.10 bits per heavy atom. The van der Waals surface area contributed by atoms with Gasteiger partial charge in [-0.2, -0.15) is 0 Å². The number of para-hydroxylation sites is 1. The Morgan fingerprint density at radius 2 is 1.90 bits per heavy atom. The number of hydrogen-bond donors (Lipinski definition) is 3. The molecular formula is C41H46FN5O11S. The molecule has 59 heavy (non-hydrogen) atoms. The standard InChI is InChI=1S/C41H46FN5O11S/c1-40(2,3)58-39(51)44-29-21-55-16-7-5-6-9-22-19-41(22,38(50)46-59(52,53)25-13-14-25)45-36(48)30-18-24(20-47(30)37(29)49)56-34-26-15-12-23(42)17-28(26)43-32-27-10-8-11-31(54-4)33(27)57-35(32)34/h6,8-12,15,17,22,24-25,29-30H,5,7,13-14,16,18-21H2,1-4H3,(H,44,51)(H,45,48)(H,46,50)/t22-,24-,29+,30+,41-/m1/s1. The Labute approximate surface area is 339 Å². The molecule has 2 aromatic carbocycles. The van der Waals surface area contributed by atoms with Gasteiger partial charge < -0.3 is 38.9 Å². The lowest BCUT2D eigenvalue weighted by Gasteiger charge is -2.30. The molecule has 4 heterocycles. The number of halogens is 1. The van der Waals surface area contributed by atoms with Crippen molar-refractivity contribution in [3.63, 3.8) is 0 Å². The largest absolute Gasteiger partial charge is 0.493 e. The van der Waals surface area contributed by atoms with Crippen molar-refractivity contribution in [2.24, 2.45) is 5.92 Å². The number of methoxy groups -OCH3 is 1. The third-order valence-electron chi connectivity index (χ3n) is 10.9. The van der Waals surface area contributed by atoms with E-state index in [0.29, 0.717) is 53.3 Å². The van der Waals surface area contributed by atoms with Gasteiger partial charge in [-0.15, -0.1) is 0 Å². The minimum atomic E-state index is -3.96. The molecule has 2 aliphatic heterocycles. The molecule has 8 rings (SSSR count). The number of furan rings is 1. The van der Waals surface area contributed by atoms with E-state index in [4.69, 9.17) is 28.3 Å². The summed E-state index contributed by atoms with van der Waals surface area (Å²) in [7, 11) is -2.46. The van der Waals surface area contributed by atoms with Crippen molar-refractivity contribution in [2.45, 2.75) is 93.9 Å². The maximum atomic E-state index is 14.6. The smallest absolute Gasteiger partial charge is 0.408 e. The van der Waals surface area contributed by atoms with Crippen LogP contribution >= 0.6 is 0 Å². The van der Waals surface area contributed by atoms with E-state index in [1.54, 1.807) is 45.0 Å². The van der Waals surface area contributed by atoms with E-state index in [-0.39, 0.29) is 49.4 Å². The minimum Gasteiger partial charge on any atom is -0.493 e. The average Bonchev–Trinajstić information content (AvgIpc) is 4.07. The second-order valence-electron chi connectivity index (χ2n) is 16.5. The van der Waals surface area contributed by atoms with Crippen LogP contribution in [0.3, 0.4) is 0 Å². The second-order valence-corrected chi connectivity index (χ2v) is 18.5. The predicted molar refractivity (Wildman–Crippen MR) is 211 cm³/mol. The van der Waals surface area contributed by atoms with E-state index in [9.17, 15) is 32.0 Å². The summed E-state index contributed by atoms with van der Waals surface area (Å²) >= 11 is 0. The molecule has 314 valence electrons. The lowest BCUT2D eigenvalue weighted by Crippen LogP contribution is -2.59. The molecule has 2 saturated carbocycles. The topological polar surface area (TPSA) is 205 Å². The maximum Gasteiger partial charge on any atom is 0.408 e. The molecular weight excluding hydrogens is 790 g/mol. The fourth-order valence-electron chi connectivity index (χ4n) is 7.75. The second kappa shape index (κ2) is 15.3. The zero-order valence-electron chi connectivity index (χ0n) is 33.0. The Hall–Kier alpha value is -5.49. The number of alkyl carbamates (subject to hydrolysis) is 1. The number of aromatic nitrogens is 1. The minimum absolute atomic E-state index is 0.105. The van der Waals surface area contributed by atoms with Crippen molar-refractivity contribution in [3.8, 4) is 11.5 Å². The SMILES string of the molecule is COc1cccc2c1oc1c(O[C@@H]3C[C@H]4C(=O)N[C@]5(C(=O)NS(=O)(=O)C6CC6)C[C@H]5C=CCCCOC[C@H](NC(=O)OC(C)(C)C)C(=O)N4C3)c3ccc(F)cc3nc12. The van der Waals surface area contributed by atoms with Gasteiger partial charge in [-0.25, -0.2) is 22.6 Å². The lowest BCUT2D eigenvalue weighted by atomic mass is 10.1. The van der Waals surface area contributed by atoms with Crippen LogP contribution in [0.15, 0.2) is 53.0 Å². The van der Waals surface area contributed by atoms with Crippen LogP contribution in [0, 0.1) is 11.7 Å². The summed E-state index contributed by atoms with van der Waals surface area (Å²) in [5, 5.41) is 5.75. The molecule has 4 aliphatic rings. The van der Waals surface area contributed by atoms with Crippen LogP contribution in [0.4, 0.5) is 9.18 Å². The van der Waals surface area contributed by atoms with Gasteiger partial charge in [0.2, 0.25) is 21.8 Å². The monoisotopic (exact) mass is 835 g/mol. The lowest BCUT2D eigenvalue weighted by molar-refractivity contribution is -0.142. The number of nitrogens with zero attached hydrogens (tertiary/aromatic N) is 2. The molecule has 0 radical (unpaired) electrons. The number of allylic oxidation sites excluding steroid dienone is 1. The zero-order chi connectivity index (χ0) is 41.9. The number of fused-ring (bicyclic) bond motifs is 6. The number of ether oxygens (including phenoxy) is 4. The molecule has 3 N–H and O–H groups in total. The van der Waals surface area contributed by atoms with Gasteiger partial charge in [-0.3, -0.25) is 19.1 Å². The van der Waals surface area contributed by atoms with Crippen molar-refractivity contribution in [1.82, 2.24) is 25.2 Å². The number of nitrogens with one attached hydrogen (secondary N) is 3. The first-order valence-electron chi connectivity index (χ1n) is 19.6. The number of pyridine rings is 1. The van der Waals surface area contributed by atoms with Gasteiger partial charge in [0.15, 0.2) is 22.7 Å². The molecule has 2 aliphatic carbocycles. The molecule has 0 spiro atoms. The highest BCUT2D eigenvalue weighted by Gasteiger charge is 2.62. The van der Waals surface area contributed by atoms with Crippen LogP contribution in [-0.4, -0.2) is 104 Å². The normalized spacial score (nSPS) is 25.4. The zero-order valence-corrected chi connectivity index (χ0v) is 33.9. The molecule has 18 heteroatoms. The molecule has 1 saturated heterocycles. The Balaban J connectivity index is 1.17. The molecule has 16 nitrogen and oxygen atoms in total. The molecule has 3 fully saturated rings. The van der Waals surface area contributed by atoms with E-state index < -0.39 is 80.2 Å². The van der Waals surface area contributed by atoms with Crippen molar-refractivity contribution in [3.05, 3.63) is 54.4 Å². The van der Waals surface area contributed by atoms with E-state index >= 15 is 0 Å². The van der Waals surface area contributed by atoms with Crippen molar-refractivity contribution in [2.75, 3.05) is 26.9 Å². The van der Waals surface area contributed by atoms with E-state index in [0.717, 1.165) is 0 Å². The number of sulfonamides is 1. The van der Waals surface area contributed by atoms with Crippen LogP contribution in [0.5, 0.6) is 11.5 Å². The van der Waals surface area contributed by atoms with Crippen LogP contribution in [-0.2, 0) is 33.9 Å². The molecule has 4 aromatic rings. The summed E-state index contributed by atoms with van der Waals surface area (Å²) in [5.74, 6) is -2.71. The third-order valence-corrected chi connectivity index (χ3v) is 12.7. The first-order valence-corrected chi connectivity index (χ1v) is 21.2. The summed E-state index contributed by atoms with van der Waals surface area (Å²) in [6.45, 7) is 4.83. The summed E-state index contributed by atoms with van der Waals surface area (Å²) < 4.78 is 72.5. The van der Waals surface area contributed by atoms with Gasteiger partial charge in [0.25, 0.3) is 5.91 Å². The quantitative estimate of drug-likeness (QED) is 0.222. The van der Waals surface area contributed by atoms with Crippen molar-refractivity contribution < 1.29 is 55.4 Å². The molecule has 2 aromatic heterocycles. The third kappa shape index (κ3) is 8.11. The van der Waals surface area contributed by atoms with Crippen LogP contribution in [0.25, 0.3) is 33.0 Å². The summed E-state index contributed by atoms with van der Waals surface area (Å²) in [4.78, 5) is 62.0. The number of benzene rings is 2. The first-order chi connectivity index (χ1) is 28.1. The molecule has 0 unspecified atom stereocenters. The maximum absolute atomic E-state index is 14.6. The predicted octanol–water partition coefficient (Wildman–Crippen LogP) is 4.37. The van der Waals surface area contributed by atoms with E-state index in [1.807, 2.05) is 6.08 Å². The average molecular weight is 836 g/mol. The summed E-state index contributed by atoms with van der Waals surface area (Å²) in [6, 6.07) is 6.71. The number of rotatable bonds is 7. The summed E-state index contributed by atoms with van der Waals surface area (Å²) in [5.41, 5.74) is -1.25. The van der Waals surface area contributed by atoms with Gasteiger partial charge in [-0.05, 0) is 77.1 Å². The molecule has 4 amide bonds. The Kier molecular flexibility index (Phi) is 10.4. The van der Waals surface area contributed by atoms with Gasteiger partial charge in [0.1, 0.15) is 40.7 Å². The van der Waals surface area contributed by atoms with Crippen molar-refractivity contribution in [1.29, 1.82) is 0 Å². The number of carbonyl (C=O) groups excluding carboxylic acids is 4. The Morgan fingerprint density at radius 3 is 2.64 bits per heavy atom. The number of hydrogen-bond acceptors (Lipinski definition) is 12. The van der Waals surface area contributed by atoms with Gasteiger partial charge in [0, 0.05) is 30.4 Å².